The van der Waals surface area contributed by atoms with E-state index in [0.717, 1.165) is 37.4 Å². The van der Waals surface area contributed by atoms with Crippen molar-refractivity contribution in [1.29, 1.82) is 0 Å². The first-order chi connectivity index (χ1) is 10.3. The maximum atomic E-state index is 5.87. The van der Waals surface area contributed by atoms with Gasteiger partial charge < -0.3 is 10.2 Å². The summed E-state index contributed by atoms with van der Waals surface area (Å²) in [6.07, 6.45) is 2.23. The Morgan fingerprint density at radius 3 is 2.62 bits per heavy atom. The topological polar surface area (TPSA) is 33.3 Å². The molecule has 0 fully saturated rings. The van der Waals surface area contributed by atoms with Crippen LogP contribution in [-0.4, -0.2) is 6.61 Å². The summed E-state index contributed by atoms with van der Waals surface area (Å²) in [6.45, 7) is 5.77. The fourth-order valence-corrected chi connectivity index (χ4v) is 2.08. The number of benzene rings is 2. The lowest BCUT2D eigenvalue weighted by Crippen LogP contribution is -2.21. The molecule has 2 aromatic rings. The van der Waals surface area contributed by atoms with Crippen LogP contribution >= 0.6 is 0 Å². The van der Waals surface area contributed by atoms with Crippen molar-refractivity contribution in [3.8, 4) is 5.75 Å². The summed E-state index contributed by atoms with van der Waals surface area (Å²) in [5.74, 6) is 0.969. The van der Waals surface area contributed by atoms with E-state index in [1.807, 2.05) is 30.3 Å². The molecule has 0 aliphatic rings. The van der Waals surface area contributed by atoms with Gasteiger partial charge >= 0.3 is 0 Å². The van der Waals surface area contributed by atoms with Crippen LogP contribution in [0.3, 0.4) is 0 Å². The molecule has 0 heterocycles. The molecule has 0 bridgehead atoms. The number of rotatable bonds is 8. The molecule has 2 rings (SSSR count). The quantitative estimate of drug-likeness (QED) is 0.560. The highest BCUT2D eigenvalue weighted by molar-refractivity contribution is 5.42. The molecule has 0 radical (unpaired) electrons. The second-order valence-electron chi connectivity index (χ2n) is 5.16. The monoisotopic (exact) mass is 284 g/mol. The standard InChI is InChI=1S/C18H24N2O/c1-3-4-12-21-18-11-10-15(2)13-16(18)14-19-20-17-8-6-5-7-9-17/h5-11,13,19-20H,3-4,12,14H2,1-2H3. The molecule has 0 saturated carbocycles. The van der Waals surface area contributed by atoms with E-state index in [2.05, 4.69) is 42.9 Å². The molecular weight excluding hydrogens is 260 g/mol. The molecule has 0 saturated heterocycles. The Morgan fingerprint density at radius 1 is 1.05 bits per heavy atom. The number of para-hydroxylation sites is 1. The molecule has 0 atom stereocenters. The van der Waals surface area contributed by atoms with Crippen LogP contribution < -0.4 is 15.6 Å². The third kappa shape index (κ3) is 5.12. The predicted octanol–water partition coefficient (Wildman–Crippen LogP) is 4.29. The summed E-state index contributed by atoms with van der Waals surface area (Å²) in [5.41, 5.74) is 9.92. The highest BCUT2D eigenvalue weighted by Gasteiger charge is 2.04. The minimum absolute atomic E-state index is 0.720. The van der Waals surface area contributed by atoms with E-state index < -0.39 is 0 Å². The lowest BCUT2D eigenvalue weighted by Gasteiger charge is -2.14. The molecule has 21 heavy (non-hydrogen) atoms. The van der Waals surface area contributed by atoms with Crippen LogP contribution in [0.4, 0.5) is 5.69 Å². The molecule has 2 aromatic carbocycles. The van der Waals surface area contributed by atoms with Gasteiger partial charge in [0.1, 0.15) is 5.75 Å². The van der Waals surface area contributed by atoms with Crippen molar-refractivity contribution in [2.75, 3.05) is 12.0 Å². The van der Waals surface area contributed by atoms with Crippen molar-refractivity contribution in [3.63, 3.8) is 0 Å². The molecule has 3 nitrogen and oxygen atoms in total. The fourth-order valence-electron chi connectivity index (χ4n) is 2.08. The summed E-state index contributed by atoms with van der Waals surface area (Å²) < 4.78 is 5.87. The lowest BCUT2D eigenvalue weighted by atomic mass is 10.1. The molecular formula is C18H24N2O. The highest BCUT2D eigenvalue weighted by Crippen LogP contribution is 2.20. The van der Waals surface area contributed by atoms with Gasteiger partial charge in [0.05, 0.1) is 6.61 Å². The Hall–Kier alpha value is -2.00. The van der Waals surface area contributed by atoms with Gasteiger partial charge in [-0.05, 0) is 31.5 Å². The van der Waals surface area contributed by atoms with Gasteiger partial charge in [-0.25, -0.2) is 5.43 Å². The van der Waals surface area contributed by atoms with Gasteiger partial charge in [0.15, 0.2) is 0 Å². The Balaban J connectivity index is 1.92. The number of ether oxygens (including phenoxy) is 1. The number of unbranched alkanes of at least 4 members (excludes halogenated alkanes) is 1. The molecule has 0 spiro atoms. The smallest absolute Gasteiger partial charge is 0.123 e. The zero-order chi connectivity index (χ0) is 14.9. The molecule has 2 N–H and O–H groups in total. The van der Waals surface area contributed by atoms with E-state index in [-0.39, 0.29) is 0 Å². The Labute approximate surface area is 127 Å². The van der Waals surface area contributed by atoms with Crippen molar-refractivity contribution in [1.82, 2.24) is 5.43 Å². The van der Waals surface area contributed by atoms with E-state index in [9.17, 15) is 0 Å². The maximum Gasteiger partial charge on any atom is 0.123 e. The van der Waals surface area contributed by atoms with Gasteiger partial charge in [0.25, 0.3) is 0 Å². The summed E-state index contributed by atoms with van der Waals surface area (Å²) in [5, 5.41) is 0. The third-order valence-corrected chi connectivity index (χ3v) is 3.26. The number of anilines is 1. The lowest BCUT2D eigenvalue weighted by molar-refractivity contribution is 0.305. The van der Waals surface area contributed by atoms with Crippen LogP contribution in [-0.2, 0) is 6.54 Å². The van der Waals surface area contributed by atoms with Crippen molar-refractivity contribution >= 4 is 5.69 Å². The first-order valence-electron chi connectivity index (χ1n) is 7.56. The van der Waals surface area contributed by atoms with Crippen LogP contribution in [0.15, 0.2) is 48.5 Å². The second kappa shape index (κ2) is 8.32. The van der Waals surface area contributed by atoms with E-state index in [1.165, 1.54) is 11.1 Å². The van der Waals surface area contributed by atoms with Gasteiger partial charge in [0.2, 0.25) is 0 Å². The minimum Gasteiger partial charge on any atom is -0.493 e. The fraction of sp³-hybridized carbons (Fsp3) is 0.333. The zero-order valence-electron chi connectivity index (χ0n) is 12.9. The summed E-state index contributed by atoms with van der Waals surface area (Å²) in [7, 11) is 0. The number of aryl methyl sites for hydroxylation is 1. The molecule has 0 aliphatic carbocycles. The molecule has 112 valence electrons. The third-order valence-electron chi connectivity index (χ3n) is 3.26. The normalized spacial score (nSPS) is 10.4. The van der Waals surface area contributed by atoms with Gasteiger partial charge in [-0.3, -0.25) is 0 Å². The number of hydrogen-bond acceptors (Lipinski definition) is 3. The highest BCUT2D eigenvalue weighted by atomic mass is 16.5. The van der Waals surface area contributed by atoms with Gasteiger partial charge in [-0.1, -0.05) is 49.2 Å². The molecule has 0 aliphatic heterocycles. The van der Waals surface area contributed by atoms with Gasteiger partial charge in [0, 0.05) is 17.8 Å². The summed E-state index contributed by atoms with van der Waals surface area (Å²) in [4.78, 5) is 0. The minimum atomic E-state index is 0.720. The van der Waals surface area contributed by atoms with Crippen molar-refractivity contribution < 1.29 is 4.74 Å². The number of hydrazine groups is 1. The molecule has 0 aromatic heterocycles. The largest absolute Gasteiger partial charge is 0.493 e. The maximum absolute atomic E-state index is 5.87. The molecule has 0 amide bonds. The van der Waals surface area contributed by atoms with Crippen LogP contribution in [0, 0.1) is 6.92 Å². The summed E-state index contributed by atoms with van der Waals surface area (Å²) in [6, 6.07) is 16.4. The van der Waals surface area contributed by atoms with E-state index in [4.69, 9.17) is 4.74 Å². The van der Waals surface area contributed by atoms with Crippen molar-refractivity contribution in [3.05, 3.63) is 59.7 Å². The summed E-state index contributed by atoms with van der Waals surface area (Å²) >= 11 is 0. The number of hydrogen-bond donors (Lipinski definition) is 2. The molecule has 3 heteroatoms. The van der Waals surface area contributed by atoms with Crippen LogP contribution in [0.5, 0.6) is 5.75 Å². The van der Waals surface area contributed by atoms with E-state index >= 15 is 0 Å². The van der Waals surface area contributed by atoms with Gasteiger partial charge in [-0.15, -0.1) is 0 Å². The molecule has 0 unspecified atom stereocenters. The van der Waals surface area contributed by atoms with E-state index in [1.54, 1.807) is 0 Å². The average Bonchev–Trinajstić information content (AvgIpc) is 2.51. The Morgan fingerprint density at radius 2 is 1.86 bits per heavy atom. The van der Waals surface area contributed by atoms with E-state index in [0.29, 0.717) is 0 Å². The first-order valence-corrected chi connectivity index (χ1v) is 7.56. The second-order valence-corrected chi connectivity index (χ2v) is 5.16. The van der Waals surface area contributed by atoms with Crippen molar-refractivity contribution in [2.24, 2.45) is 0 Å². The SMILES string of the molecule is CCCCOc1ccc(C)cc1CNNc1ccccc1. The average molecular weight is 284 g/mol. The zero-order valence-corrected chi connectivity index (χ0v) is 12.9. The van der Waals surface area contributed by atoms with Crippen LogP contribution in [0.2, 0.25) is 0 Å². The predicted molar refractivity (Wildman–Crippen MR) is 88.5 cm³/mol. The van der Waals surface area contributed by atoms with Crippen LogP contribution in [0.25, 0.3) is 0 Å². The Kier molecular flexibility index (Phi) is 6.10. The van der Waals surface area contributed by atoms with Crippen LogP contribution in [0.1, 0.15) is 30.9 Å². The first kappa shape index (κ1) is 15.4. The number of nitrogens with one attached hydrogen (secondary N) is 2. The van der Waals surface area contributed by atoms with Gasteiger partial charge in [-0.2, -0.15) is 0 Å². The van der Waals surface area contributed by atoms with Crippen molar-refractivity contribution in [2.45, 2.75) is 33.2 Å². The Bertz CT molecular complexity index is 540.